The van der Waals surface area contributed by atoms with Crippen LogP contribution in [0.5, 0.6) is 0 Å². The summed E-state index contributed by atoms with van der Waals surface area (Å²) < 4.78 is 5.12. The third kappa shape index (κ3) is 2.21. The Hall–Kier alpha value is -0.692. The number of hydrogen-bond acceptors (Lipinski definition) is 3. The molecule has 0 N–H and O–H groups in total. The molecule has 1 heterocycles. The van der Waals surface area contributed by atoms with Crippen molar-refractivity contribution in [3.63, 3.8) is 0 Å². The number of ether oxygens (including phenoxy) is 1. The molecule has 0 aliphatic heterocycles. The Bertz CT molecular complexity index is 341. The number of pyridine rings is 1. The second-order valence-corrected chi connectivity index (χ2v) is 3.09. The quantitative estimate of drug-likeness (QED) is 0.562. The monoisotopic (exact) mass is 360 g/mol. The van der Waals surface area contributed by atoms with E-state index in [0.29, 0.717) is 0 Å². The minimum absolute atomic E-state index is 0. The van der Waals surface area contributed by atoms with E-state index in [0.717, 1.165) is 24.1 Å². The standard InChI is InChI=1S/C10H10NO2.W/c1-7(12)13-9-5-4-8-3-2-6-11-10(8)9;/h2,6,9H,4-5H2,1H3;/q-1;. The summed E-state index contributed by atoms with van der Waals surface area (Å²) in [5.74, 6) is -0.247. The molecule has 74 valence electrons. The average molecular weight is 360 g/mol. The number of aryl methyl sites for hydroxylation is 1. The van der Waals surface area contributed by atoms with Gasteiger partial charge in [-0.15, -0.1) is 5.56 Å². The van der Waals surface area contributed by atoms with E-state index in [1.807, 2.05) is 0 Å². The molecule has 1 aliphatic carbocycles. The van der Waals surface area contributed by atoms with Gasteiger partial charge in [0.2, 0.25) is 0 Å². The smallest absolute Gasteiger partial charge is 0.302 e. The van der Waals surface area contributed by atoms with E-state index in [1.165, 1.54) is 6.92 Å². The van der Waals surface area contributed by atoms with Crippen LogP contribution in [-0.2, 0) is 37.0 Å². The molecule has 0 amide bonds. The predicted molar refractivity (Wildman–Crippen MR) is 45.9 cm³/mol. The minimum atomic E-state index is -0.247. The summed E-state index contributed by atoms with van der Waals surface area (Å²) in [5.41, 5.74) is 1.95. The SMILES string of the molecule is CC(=O)OC1CCc2[c-]ccnc21.[W]. The Morgan fingerprint density at radius 2 is 2.50 bits per heavy atom. The van der Waals surface area contributed by atoms with Crippen molar-refractivity contribution in [1.82, 2.24) is 4.98 Å². The van der Waals surface area contributed by atoms with Gasteiger partial charge in [-0.2, -0.15) is 12.1 Å². The number of rotatable bonds is 1. The number of carbonyl (C=O) groups excluding carboxylic acids is 1. The molecule has 0 saturated carbocycles. The summed E-state index contributed by atoms with van der Waals surface area (Å²) in [6, 6.07) is 4.88. The van der Waals surface area contributed by atoms with Crippen molar-refractivity contribution < 1.29 is 30.6 Å². The number of fused-ring (bicyclic) bond motifs is 1. The molecule has 0 fully saturated rings. The van der Waals surface area contributed by atoms with Gasteiger partial charge in [0.1, 0.15) is 6.10 Å². The van der Waals surface area contributed by atoms with Gasteiger partial charge in [-0.25, -0.2) is 0 Å². The summed E-state index contributed by atoms with van der Waals surface area (Å²) in [5, 5.41) is 0. The zero-order valence-corrected chi connectivity index (χ0v) is 10.8. The molecular formula is C10H10NO2W-. The van der Waals surface area contributed by atoms with Crippen molar-refractivity contribution in [2.45, 2.75) is 25.9 Å². The third-order valence-corrected chi connectivity index (χ3v) is 2.12. The van der Waals surface area contributed by atoms with Crippen molar-refractivity contribution in [2.24, 2.45) is 0 Å². The average Bonchev–Trinajstić information content (AvgIpc) is 2.48. The number of esters is 1. The molecule has 1 atom stereocenters. The molecule has 3 nitrogen and oxygen atoms in total. The summed E-state index contributed by atoms with van der Waals surface area (Å²) in [4.78, 5) is 14.9. The zero-order chi connectivity index (χ0) is 9.26. The molecule has 0 spiro atoms. The normalized spacial score (nSPS) is 18.2. The summed E-state index contributed by atoms with van der Waals surface area (Å²) in [7, 11) is 0. The Labute approximate surface area is 97.1 Å². The van der Waals surface area contributed by atoms with Crippen LogP contribution in [0.15, 0.2) is 12.3 Å². The molecule has 1 aromatic rings. The first-order valence-electron chi connectivity index (χ1n) is 4.30. The van der Waals surface area contributed by atoms with Crippen molar-refractivity contribution in [3.05, 3.63) is 29.6 Å². The maximum Gasteiger partial charge on any atom is 0.302 e. The topological polar surface area (TPSA) is 39.2 Å². The van der Waals surface area contributed by atoms with E-state index < -0.39 is 0 Å². The molecule has 4 heteroatoms. The number of aromatic nitrogens is 1. The van der Waals surface area contributed by atoms with Crippen LogP contribution in [0.4, 0.5) is 0 Å². The van der Waals surface area contributed by atoms with E-state index in [9.17, 15) is 4.79 Å². The fourth-order valence-corrected chi connectivity index (χ4v) is 1.61. The number of nitrogens with zero attached hydrogens (tertiary/aromatic N) is 1. The fraction of sp³-hybridized carbons (Fsp3) is 0.400. The first-order valence-corrected chi connectivity index (χ1v) is 4.30. The maximum absolute atomic E-state index is 10.7. The van der Waals surface area contributed by atoms with Gasteiger partial charge in [0, 0.05) is 28.0 Å². The second-order valence-electron chi connectivity index (χ2n) is 3.09. The van der Waals surface area contributed by atoms with Crippen LogP contribution in [0.3, 0.4) is 0 Å². The van der Waals surface area contributed by atoms with Crippen molar-refractivity contribution in [2.75, 3.05) is 0 Å². The Kier molecular flexibility index (Phi) is 3.82. The van der Waals surface area contributed by atoms with E-state index >= 15 is 0 Å². The predicted octanol–water partition coefficient (Wildman–Crippen LogP) is 1.43. The Morgan fingerprint density at radius 1 is 1.71 bits per heavy atom. The first kappa shape index (κ1) is 11.4. The molecule has 0 bridgehead atoms. The minimum Gasteiger partial charge on any atom is -0.469 e. The van der Waals surface area contributed by atoms with Crippen LogP contribution in [0.1, 0.15) is 30.7 Å². The molecule has 0 radical (unpaired) electrons. The van der Waals surface area contributed by atoms with Gasteiger partial charge in [0.15, 0.2) is 0 Å². The number of carbonyl (C=O) groups is 1. The van der Waals surface area contributed by atoms with Gasteiger partial charge in [0.25, 0.3) is 0 Å². The van der Waals surface area contributed by atoms with Crippen LogP contribution >= 0.6 is 0 Å². The summed E-state index contributed by atoms with van der Waals surface area (Å²) >= 11 is 0. The van der Waals surface area contributed by atoms with Gasteiger partial charge in [-0.05, 0) is 18.5 Å². The van der Waals surface area contributed by atoms with E-state index in [4.69, 9.17) is 4.74 Å². The van der Waals surface area contributed by atoms with Crippen molar-refractivity contribution in [1.29, 1.82) is 0 Å². The number of hydrogen-bond donors (Lipinski definition) is 0. The molecule has 0 saturated heterocycles. The zero-order valence-electron chi connectivity index (χ0n) is 7.82. The molecule has 1 unspecified atom stereocenters. The molecule has 2 rings (SSSR count). The molecule has 14 heavy (non-hydrogen) atoms. The van der Waals surface area contributed by atoms with Crippen LogP contribution in [0.25, 0.3) is 0 Å². The van der Waals surface area contributed by atoms with Crippen LogP contribution in [0.2, 0.25) is 0 Å². The van der Waals surface area contributed by atoms with Gasteiger partial charge in [-0.3, -0.25) is 4.79 Å². The first-order chi connectivity index (χ1) is 6.27. The molecule has 0 aromatic carbocycles. The van der Waals surface area contributed by atoms with E-state index in [-0.39, 0.29) is 33.1 Å². The Balaban J connectivity index is 0.000000980. The molecule has 1 aliphatic rings. The van der Waals surface area contributed by atoms with Crippen LogP contribution in [-0.4, -0.2) is 11.0 Å². The fourth-order valence-electron chi connectivity index (χ4n) is 1.61. The third-order valence-electron chi connectivity index (χ3n) is 2.12. The van der Waals surface area contributed by atoms with Gasteiger partial charge < -0.3 is 9.72 Å². The van der Waals surface area contributed by atoms with Crippen LogP contribution in [0, 0.1) is 6.07 Å². The second kappa shape index (κ2) is 4.70. The Morgan fingerprint density at radius 3 is 3.21 bits per heavy atom. The van der Waals surface area contributed by atoms with E-state index in [1.54, 1.807) is 12.3 Å². The van der Waals surface area contributed by atoms with Crippen molar-refractivity contribution >= 4 is 5.97 Å². The molecular weight excluding hydrogens is 350 g/mol. The summed E-state index contributed by atoms with van der Waals surface area (Å²) in [6.07, 6.45) is 3.27. The summed E-state index contributed by atoms with van der Waals surface area (Å²) in [6.45, 7) is 1.42. The van der Waals surface area contributed by atoms with Gasteiger partial charge >= 0.3 is 5.97 Å². The largest absolute Gasteiger partial charge is 0.469 e. The maximum atomic E-state index is 10.7. The van der Waals surface area contributed by atoms with Crippen LogP contribution < -0.4 is 0 Å². The van der Waals surface area contributed by atoms with Gasteiger partial charge in [0.05, 0.1) is 0 Å². The van der Waals surface area contributed by atoms with E-state index in [2.05, 4.69) is 11.1 Å². The van der Waals surface area contributed by atoms with Crippen molar-refractivity contribution in [3.8, 4) is 0 Å². The van der Waals surface area contributed by atoms with Gasteiger partial charge in [-0.1, -0.05) is 6.20 Å². The molecule has 1 aromatic heterocycles.